The third-order valence-corrected chi connectivity index (χ3v) is 4.54. The summed E-state index contributed by atoms with van der Waals surface area (Å²) in [5, 5.41) is 4.14. The average Bonchev–Trinajstić information content (AvgIpc) is 3.05. The van der Waals surface area contributed by atoms with E-state index in [0.29, 0.717) is 6.42 Å². The third kappa shape index (κ3) is 1.83. The molecule has 0 aliphatic carbocycles. The Morgan fingerprint density at radius 2 is 2.10 bits per heavy atom. The van der Waals surface area contributed by atoms with Crippen LogP contribution in [0.25, 0.3) is 10.9 Å². The van der Waals surface area contributed by atoms with Gasteiger partial charge in [-0.2, -0.15) is 0 Å². The molecule has 4 rings (SSSR count). The van der Waals surface area contributed by atoms with E-state index in [1.54, 1.807) is 0 Å². The molecule has 2 fully saturated rings. The van der Waals surface area contributed by atoms with Gasteiger partial charge in [0.1, 0.15) is 5.82 Å². The number of hydrogen-bond acceptors (Lipinski definition) is 3. The molecule has 4 nitrogen and oxygen atoms in total. The monoisotopic (exact) mass is 267 g/mol. The molecule has 2 aliphatic heterocycles. The van der Waals surface area contributed by atoms with Crippen molar-refractivity contribution in [3.8, 4) is 0 Å². The Labute approximate surface area is 117 Å². The first-order chi connectivity index (χ1) is 9.74. The number of amides is 1. The second-order valence-corrected chi connectivity index (χ2v) is 5.99. The fourth-order valence-corrected chi connectivity index (χ4v) is 3.40. The molecule has 4 heteroatoms. The van der Waals surface area contributed by atoms with Crippen LogP contribution in [0.1, 0.15) is 12.8 Å². The summed E-state index contributed by atoms with van der Waals surface area (Å²) in [6, 6.07) is 12.4. The maximum absolute atomic E-state index is 11.5. The van der Waals surface area contributed by atoms with E-state index in [-0.39, 0.29) is 11.3 Å². The highest BCUT2D eigenvalue weighted by atomic mass is 16.1. The number of carbonyl (C=O) groups excluding carboxylic acids is 1. The molecule has 20 heavy (non-hydrogen) atoms. The smallest absolute Gasteiger partial charge is 0.220 e. The number of nitrogens with one attached hydrogen (secondary N) is 1. The molecule has 102 valence electrons. The lowest BCUT2D eigenvalue weighted by Crippen LogP contribution is -2.29. The summed E-state index contributed by atoms with van der Waals surface area (Å²) in [5.41, 5.74) is 1.16. The van der Waals surface area contributed by atoms with Gasteiger partial charge >= 0.3 is 0 Å². The molecule has 3 heterocycles. The van der Waals surface area contributed by atoms with Crippen molar-refractivity contribution in [2.45, 2.75) is 12.8 Å². The molecule has 2 saturated heterocycles. The van der Waals surface area contributed by atoms with Gasteiger partial charge in [-0.1, -0.05) is 18.2 Å². The minimum absolute atomic E-state index is 0.129. The van der Waals surface area contributed by atoms with Crippen LogP contribution in [0.2, 0.25) is 0 Å². The molecule has 1 atom stereocenters. The molecular formula is C16H17N3O. The zero-order valence-electron chi connectivity index (χ0n) is 11.3. The molecule has 2 aromatic rings. The Bertz CT molecular complexity index is 684. The minimum atomic E-state index is 0.129. The van der Waals surface area contributed by atoms with Gasteiger partial charge in [0.15, 0.2) is 0 Å². The van der Waals surface area contributed by atoms with E-state index in [1.807, 2.05) is 18.2 Å². The fraction of sp³-hybridized carbons (Fsp3) is 0.375. The number of hydrogen-bond donors (Lipinski definition) is 1. The van der Waals surface area contributed by atoms with Gasteiger partial charge in [0.25, 0.3) is 0 Å². The quantitative estimate of drug-likeness (QED) is 0.859. The predicted molar refractivity (Wildman–Crippen MR) is 78.6 cm³/mol. The third-order valence-electron chi connectivity index (χ3n) is 4.54. The average molecular weight is 267 g/mol. The molecular weight excluding hydrogens is 250 g/mol. The van der Waals surface area contributed by atoms with Crippen molar-refractivity contribution in [3.63, 3.8) is 0 Å². The second kappa shape index (κ2) is 4.20. The van der Waals surface area contributed by atoms with Gasteiger partial charge in [0.05, 0.1) is 5.52 Å². The van der Waals surface area contributed by atoms with E-state index in [0.717, 1.165) is 37.4 Å². The molecule has 0 bridgehead atoms. The van der Waals surface area contributed by atoms with Crippen molar-refractivity contribution in [2.75, 3.05) is 24.5 Å². The molecule has 0 saturated carbocycles. The maximum atomic E-state index is 11.5. The van der Waals surface area contributed by atoms with Gasteiger partial charge in [0.2, 0.25) is 5.91 Å². The summed E-state index contributed by atoms with van der Waals surface area (Å²) in [7, 11) is 0. The van der Waals surface area contributed by atoms with Crippen LogP contribution in [0.3, 0.4) is 0 Å². The van der Waals surface area contributed by atoms with E-state index in [1.165, 1.54) is 5.39 Å². The summed E-state index contributed by atoms with van der Waals surface area (Å²) in [6.07, 6.45) is 1.73. The Balaban J connectivity index is 1.62. The molecule has 1 spiro atoms. The lowest BCUT2D eigenvalue weighted by atomic mass is 9.86. The Morgan fingerprint density at radius 3 is 2.95 bits per heavy atom. The van der Waals surface area contributed by atoms with E-state index >= 15 is 0 Å². The second-order valence-electron chi connectivity index (χ2n) is 5.99. The van der Waals surface area contributed by atoms with Crippen LogP contribution in [0.5, 0.6) is 0 Å². The van der Waals surface area contributed by atoms with E-state index < -0.39 is 0 Å². The Hall–Kier alpha value is -2.10. The summed E-state index contributed by atoms with van der Waals surface area (Å²) in [5.74, 6) is 1.22. The molecule has 2 aliphatic rings. The van der Waals surface area contributed by atoms with E-state index in [9.17, 15) is 4.79 Å². The van der Waals surface area contributed by atoms with Crippen molar-refractivity contribution in [1.29, 1.82) is 0 Å². The number of benzene rings is 1. The van der Waals surface area contributed by atoms with Gasteiger partial charge < -0.3 is 10.2 Å². The van der Waals surface area contributed by atoms with Crippen molar-refractivity contribution >= 4 is 22.6 Å². The SMILES string of the molecule is O=C1C[C@]2(CCN(c3ccc4ccccc4n3)C2)CN1. The normalized spacial score (nSPS) is 25.6. The van der Waals surface area contributed by atoms with Crippen LogP contribution < -0.4 is 10.2 Å². The first kappa shape index (κ1) is 11.7. The molecule has 1 N–H and O–H groups in total. The number of para-hydroxylation sites is 1. The van der Waals surface area contributed by atoms with Gasteiger partial charge in [-0.3, -0.25) is 4.79 Å². The molecule has 1 aromatic heterocycles. The van der Waals surface area contributed by atoms with Gasteiger partial charge in [-0.05, 0) is 24.6 Å². The predicted octanol–water partition coefficient (Wildman–Crippen LogP) is 1.95. The van der Waals surface area contributed by atoms with E-state index in [2.05, 4.69) is 28.4 Å². The van der Waals surface area contributed by atoms with Crippen LogP contribution in [0.15, 0.2) is 36.4 Å². The number of carbonyl (C=O) groups is 1. The summed E-state index contributed by atoms with van der Waals surface area (Å²) < 4.78 is 0. The summed E-state index contributed by atoms with van der Waals surface area (Å²) in [6.45, 7) is 2.73. The Kier molecular flexibility index (Phi) is 2.46. The van der Waals surface area contributed by atoms with Crippen molar-refractivity contribution in [2.24, 2.45) is 5.41 Å². The number of anilines is 1. The van der Waals surface area contributed by atoms with Crippen LogP contribution >= 0.6 is 0 Å². The highest BCUT2D eigenvalue weighted by Gasteiger charge is 2.44. The summed E-state index contributed by atoms with van der Waals surface area (Å²) in [4.78, 5) is 18.5. The number of aromatic nitrogens is 1. The van der Waals surface area contributed by atoms with Gasteiger partial charge in [-0.15, -0.1) is 0 Å². The largest absolute Gasteiger partial charge is 0.356 e. The zero-order chi connectivity index (χ0) is 13.6. The standard InChI is InChI=1S/C16H17N3O/c20-15-9-16(10-17-15)7-8-19(11-16)14-6-5-12-3-1-2-4-13(12)18-14/h1-6H,7-11H2,(H,17,20)/t16-/m1/s1. The number of pyridine rings is 1. The number of nitrogens with zero attached hydrogens (tertiary/aromatic N) is 2. The van der Waals surface area contributed by atoms with Crippen LogP contribution in [0.4, 0.5) is 5.82 Å². The van der Waals surface area contributed by atoms with Gasteiger partial charge in [0, 0.05) is 36.9 Å². The van der Waals surface area contributed by atoms with Crippen LogP contribution in [-0.4, -0.2) is 30.5 Å². The minimum Gasteiger partial charge on any atom is -0.356 e. The first-order valence-electron chi connectivity index (χ1n) is 7.12. The van der Waals surface area contributed by atoms with Crippen molar-refractivity contribution in [3.05, 3.63) is 36.4 Å². The lowest BCUT2D eigenvalue weighted by Gasteiger charge is -2.22. The molecule has 1 amide bonds. The van der Waals surface area contributed by atoms with Crippen LogP contribution in [-0.2, 0) is 4.79 Å². The zero-order valence-corrected chi connectivity index (χ0v) is 11.3. The Morgan fingerprint density at radius 1 is 1.20 bits per heavy atom. The highest BCUT2D eigenvalue weighted by Crippen LogP contribution is 2.38. The molecule has 1 aromatic carbocycles. The molecule has 0 radical (unpaired) electrons. The van der Waals surface area contributed by atoms with Crippen molar-refractivity contribution in [1.82, 2.24) is 10.3 Å². The maximum Gasteiger partial charge on any atom is 0.220 e. The topological polar surface area (TPSA) is 45.2 Å². The van der Waals surface area contributed by atoms with Crippen LogP contribution in [0, 0.1) is 5.41 Å². The van der Waals surface area contributed by atoms with E-state index in [4.69, 9.17) is 4.98 Å². The fourth-order valence-electron chi connectivity index (χ4n) is 3.40. The van der Waals surface area contributed by atoms with Crippen molar-refractivity contribution < 1.29 is 4.79 Å². The number of fused-ring (bicyclic) bond motifs is 1. The lowest BCUT2D eigenvalue weighted by molar-refractivity contribution is -0.119. The summed E-state index contributed by atoms with van der Waals surface area (Å²) >= 11 is 0. The highest BCUT2D eigenvalue weighted by molar-refractivity contribution is 5.81. The molecule has 0 unspecified atom stereocenters. The number of rotatable bonds is 1. The first-order valence-corrected chi connectivity index (χ1v) is 7.12. The van der Waals surface area contributed by atoms with Gasteiger partial charge in [-0.25, -0.2) is 4.98 Å².